The van der Waals surface area contributed by atoms with Crippen LogP contribution in [0, 0.1) is 12.3 Å². The fourth-order valence-electron chi connectivity index (χ4n) is 2.50. The summed E-state index contributed by atoms with van der Waals surface area (Å²) in [5, 5.41) is 6.15. The van der Waals surface area contributed by atoms with Crippen LogP contribution in [-0.4, -0.2) is 32.7 Å². The Kier molecular flexibility index (Phi) is 4.65. The zero-order chi connectivity index (χ0) is 14.6. The molecule has 2 rings (SSSR count). The van der Waals surface area contributed by atoms with E-state index in [1.54, 1.807) is 0 Å². The maximum atomic E-state index is 12.3. The minimum Gasteiger partial charge on any atom is -0.388 e. The van der Waals surface area contributed by atoms with E-state index in [4.69, 9.17) is 4.74 Å². The number of ether oxygens (including phenoxy) is 1. The lowest BCUT2D eigenvalue weighted by Crippen LogP contribution is -2.39. The quantitative estimate of drug-likeness (QED) is 0.888. The van der Waals surface area contributed by atoms with Gasteiger partial charge < -0.3 is 15.4 Å². The molecule has 0 radical (unpaired) electrons. The van der Waals surface area contributed by atoms with E-state index in [1.807, 2.05) is 32.2 Å². The average molecular weight is 276 g/mol. The fourth-order valence-corrected chi connectivity index (χ4v) is 2.50. The van der Waals surface area contributed by atoms with E-state index in [2.05, 4.69) is 17.6 Å². The molecule has 1 saturated heterocycles. The first kappa shape index (κ1) is 14.9. The predicted octanol–water partition coefficient (Wildman–Crippen LogP) is 2.58. The molecule has 0 unspecified atom stereocenters. The van der Waals surface area contributed by atoms with Crippen molar-refractivity contribution in [3.63, 3.8) is 0 Å². The predicted molar refractivity (Wildman–Crippen MR) is 81.2 cm³/mol. The second-order valence-electron chi connectivity index (χ2n) is 5.89. The molecule has 110 valence electrons. The highest BCUT2D eigenvalue weighted by Gasteiger charge is 2.27. The molecular weight excluding hydrogens is 252 g/mol. The number of carbonyl (C=O) groups is 1. The molecule has 0 aromatic heterocycles. The van der Waals surface area contributed by atoms with Crippen LogP contribution in [0.1, 0.15) is 35.7 Å². The minimum absolute atomic E-state index is 0.0119. The maximum Gasteiger partial charge on any atom is 0.251 e. The Morgan fingerprint density at radius 1 is 1.35 bits per heavy atom. The van der Waals surface area contributed by atoms with Crippen LogP contribution in [0.3, 0.4) is 0 Å². The number of anilines is 1. The molecule has 0 spiro atoms. The molecule has 1 fully saturated rings. The van der Waals surface area contributed by atoms with Crippen LogP contribution in [0.5, 0.6) is 0 Å². The topological polar surface area (TPSA) is 50.4 Å². The lowest BCUT2D eigenvalue weighted by Gasteiger charge is -2.33. The van der Waals surface area contributed by atoms with Crippen LogP contribution in [-0.2, 0) is 4.74 Å². The third kappa shape index (κ3) is 3.51. The van der Waals surface area contributed by atoms with E-state index >= 15 is 0 Å². The first-order valence-corrected chi connectivity index (χ1v) is 7.18. The molecule has 1 aromatic carbocycles. The number of benzene rings is 1. The van der Waals surface area contributed by atoms with Gasteiger partial charge in [0.2, 0.25) is 0 Å². The SMILES string of the molecule is CNc1ccc(C(=O)NCC2(C)CCOCC2)c(C)c1. The fraction of sp³-hybridized carbons (Fsp3) is 0.562. The second-order valence-corrected chi connectivity index (χ2v) is 5.89. The van der Waals surface area contributed by atoms with Crippen molar-refractivity contribution >= 4 is 11.6 Å². The first-order chi connectivity index (χ1) is 9.54. The number of hydrogen-bond donors (Lipinski definition) is 2. The van der Waals surface area contributed by atoms with Gasteiger partial charge in [-0.2, -0.15) is 0 Å². The molecule has 1 aliphatic rings. The van der Waals surface area contributed by atoms with Gasteiger partial charge in [0.25, 0.3) is 5.91 Å². The summed E-state index contributed by atoms with van der Waals surface area (Å²) in [6.07, 6.45) is 2.01. The molecule has 1 aliphatic heterocycles. The van der Waals surface area contributed by atoms with Crippen molar-refractivity contribution < 1.29 is 9.53 Å². The van der Waals surface area contributed by atoms with Gasteiger partial charge in [0, 0.05) is 38.1 Å². The van der Waals surface area contributed by atoms with Gasteiger partial charge in [-0.25, -0.2) is 0 Å². The monoisotopic (exact) mass is 276 g/mol. The van der Waals surface area contributed by atoms with Crippen LogP contribution in [0.2, 0.25) is 0 Å². The average Bonchev–Trinajstić information content (AvgIpc) is 2.45. The van der Waals surface area contributed by atoms with E-state index < -0.39 is 0 Å². The smallest absolute Gasteiger partial charge is 0.251 e. The normalized spacial score (nSPS) is 17.6. The van der Waals surface area contributed by atoms with Crippen LogP contribution >= 0.6 is 0 Å². The number of hydrogen-bond acceptors (Lipinski definition) is 3. The minimum atomic E-state index is 0.0119. The molecule has 0 atom stereocenters. The number of rotatable bonds is 4. The van der Waals surface area contributed by atoms with Gasteiger partial charge in [-0.05, 0) is 48.9 Å². The maximum absolute atomic E-state index is 12.3. The molecule has 1 amide bonds. The Bertz CT molecular complexity index is 479. The van der Waals surface area contributed by atoms with Gasteiger partial charge in [0.15, 0.2) is 0 Å². The second kappa shape index (κ2) is 6.27. The molecule has 1 heterocycles. The number of nitrogens with one attached hydrogen (secondary N) is 2. The highest BCUT2D eigenvalue weighted by Crippen LogP contribution is 2.28. The van der Waals surface area contributed by atoms with E-state index in [0.29, 0.717) is 6.54 Å². The number of aryl methyl sites for hydroxylation is 1. The molecule has 4 nitrogen and oxygen atoms in total. The summed E-state index contributed by atoms with van der Waals surface area (Å²) in [6, 6.07) is 5.80. The van der Waals surface area contributed by atoms with Crippen molar-refractivity contribution in [1.82, 2.24) is 5.32 Å². The van der Waals surface area contributed by atoms with Gasteiger partial charge >= 0.3 is 0 Å². The zero-order valence-electron chi connectivity index (χ0n) is 12.6. The van der Waals surface area contributed by atoms with E-state index in [9.17, 15) is 4.79 Å². The Hall–Kier alpha value is -1.55. The van der Waals surface area contributed by atoms with E-state index in [0.717, 1.165) is 42.9 Å². The summed E-state index contributed by atoms with van der Waals surface area (Å²) in [7, 11) is 1.88. The third-order valence-corrected chi connectivity index (χ3v) is 4.14. The van der Waals surface area contributed by atoms with Gasteiger partial charge in [0.05, 0.1) is 0 Å². The molecule has 0 saturated carbocycles. The largest absolute Gasteiger partial charge is 0.388 e. The highest BCUT2D eigenvalue weighted by atomic mass is 16.5. The highest BCUT2D eigenvalue weighted by molar-refractivity contribution is 5.96. The number of amides is 1. The standard InChI is InChI=1S/C16H24N2O2/c1-12-10-13(17-3)4-5-14(12)15(19)18-11-16(2)6-8-20-9-7-16/h4-5,10,17H,6-9,11H2,1-3H3,(H,18,19). The number of carbonyl (C=O) groups excluding carboxylic acids is 1. The Morgan fingerprint density at radius 3 is 2.65 bits per heavy atom. The lowest BCUT2D eigenvalue weighted by atomic mass is 9.82. The van der Waals surface area contributed by atoms with Gasteiger partial charge in [-0.1, -0.05) is 6.92 Å². The summed E-state index contributed by atoms with van der Waals surface area (Å²) in [5.74, 6) is 0.0119. The van der Waals surface area contributed by atoms with Crippen molar-refractivity contribution in [2.75, 3.05) is 32.1 Å². The van der Waals surface area contributed by atoms with Crippen LogP contribution in [0.25, 0.3) is 0 Å². The Balaban J connectivity index is 1.98. The summed E-state index contributed by atoms with van der Waals surface area (Å²) in [6.45, 7) is 6.48. The van der Waals surface area contributed by atoms with Gasteiger partial charge in [-0.3, -0.25) is 4.79 Å². The first-order valence-electron chi connectivity index (χ1n) is 7.18. The lowest BCUT2D eigenvalue weighted by molar-refractivity contribution is 0.0238. The van der Waals surface area contributed by atoms with Crippen molar-refractivity contribution in [3.8, 4) is 0 Å². The van der Waals surface area contributed by atoms with Crippen molar-refractivity contribution in [3.05, 3.63) is 29.3 Å². The van der Waals surface area contributed by atoms with Crippen LogP contribution in [0.4, 0.5) is 5.69 Å². The van der Waals surface area contributed by atoms with Crippen LogP contribution in [0.15, 0.2) is 18.2 Å². The molecule has 0 bridgehead atoms. The molecule has 4 heteroatoms. The van der Waals surface area contributed by atoms with Crippen LogP contribution < -0.4 is 10.6 Å². The Labute approximate surface area is 120 Å². The molecule has 20 heavy (non-hydrogen) atoms. The molecule has 0 aliphatic carbocycles. The van der Waals surface area contributed by atoms with Crippen molar-refractivity contribution in [2.45, 2.75) is 26.7 Å². The summed E-state index contributed by atoms with van der Waals surface area (Å²) in [4.78, 5) is 12.3. The van der Waals surface area contributed by atoms with Gasteiger partial charge in [0.1, 0.15) is 0 Å². The summed E-state index contributed by atoms with van der Waals surface area (Å²) < 4.78 is 5.38. The van der Waals surface area contributed by atoms with Crippen molar-refractivity contribution in [2.24, 2.45) is 5.41 Å². The summed E-state index contributed by atoms with van der Waals surface area (Å²) in [5.41, 5.74) is 2.92. The van der Waals surface area contributed by atoms with Crippen molar-refractivity contribution in [1.29, 1.82) is 0 Å². The third-order valence-electron chi connectivity index (χ3n) is 4.14. The van der Waals surface area contributed by atoms with Gasteiger partial charge in [-0.15, -0.1) is 0 Å². The van der Waals surface area contributed by atoms with E-state index in [1.165, 1.54) is 0 Å². The Morgan fingerprint density at radius 2 is 2.05 bits per heavy atom. The molecule has 2 N–H and O–H groups in total. The molecule has 1 aromatic rings. The summed E-state index contributed by atoms with van der Waals surface area (Å²) >= 11 is 0. The molecular formula is C16H24N2O2. The zero-order valence-corrected chi connectivity index (χ0v) is 12.6. The van der Waals surface area contributed by atoms with E-state index in [-0.39, 0.29) is 11.3 Å².